The summed E-state index contributed by atoms with van der Waals surface area (Å²) in [5.74, 6) is 1.07. The highest BCUT2D eigenvalue weighted by molar-refractivity contribution is 14.1. The second-order valence-corrected chi connectivity index (χ2v) is 8.08. The van der Waals surface area contributed by atoms with E-state index in [0.717, 1.165) is 9.26 Å². The first-order chi connectivity index (χ1) is 12.3. The first-order valence-corrected chi connectivity index (χ1v) is 9.93. The molecule has 1 amide bonds. The lowest BCUT2D eigenvalue weighted by Gasteiger charge is -2.09. The van der Waals surface area contributed by atoms with Crippen molar-refractivity contribution >= 4 is 68.1 Å². The van der Waals surface area contributed by atoms with Gasteiger partial charge in [-0.05, 0) is 55.0 Å². The number of halogens is 2. The van der Waals surface area contributed by atoms with E-state index in [1.807, 2.05) is 32.0 Å². The third kappa shape index (κ3) is 4.30. The Labute approximate surface area is 173 Å². The molecule has 3 aromatic rings. The summed E-state index contributed by atoms with van der Waals surface area (Å²) in [6.45, 7) is 5.52. The van der Waals surface area contributed by atoms with Crippen molar-refractivity contribution in [2.75, 3.05) is 10.6 Å². The number of rotatable bonds is 4. The lowest BCUT2D eigenvalue weighted by Crippen LogP contribution is -2.12. The number of benzene rings is 1. The van der Waals surface area contributed by atoms with Gasteiger partial charge < -0.3 is 10.6 Å². The van der Waals surface area contributed by atoms with Gasteiger partial charge in [-0.2, -0.15) is 0 Å². The van der Waals surface area contributed by atoms with Gasteiger partial charge in [0.25, 0.3) is 5.91 Å². The highest BCUT2D eigenvalue weighted by Gasteiger charge is 2.18. The molecule has 2 aromatic heterocycles. The number of carbonyl (C=O) groups is 1. The van der Waals surface area contributed by atoms with Crippen molar-refractivity contribution in [1.82, 2.24) is 15.0 Å². The SMILES string of the molecule is Cc1nc(I)cc(Nc2nc(C)c(C(=O)Nc3c(C)cccc3Cl)s2)n1. The Morgan fingerprint density at radius 2 is 1.96 bits per heavy atom. The molecule has 1 aromatic carbocycles. The zero-order chi connectivity index (χ0) is 18.8. The third-order valence-electron chi connectivity index (χ3n) is 3.50. The van der Waals surface area contributed by atoms with Gasteiger partial charge in [-0.25, -0.2) is 15.0 Å². The average Bonchev–Trinajstić information content (AvgIpc) is 2.90. The summed E-state index contributed by atoms with van der Waals surface area (Å²) in [6.07, 6.45) is 0. The summed E-state index contributed by atoms with van der Waals surface area (Å²) in [4.78, 5) is 26.2. The first kappa shape index (κ1) is 19.0. The van der Waals surface area contributed by atoms with Crippen molar-refractivity contribution in [2.24, 2.45) is 0 Å². The largest absolute Gasteiger partial charge is 0.320 e. The molecule has 0 aliphatic rings. The summed E-state index contributed by atoms with van der Waals surface area (Å²) in [7, 11) is 0. The second kappa shape index (κ2) is 7.85. The number of hydrogen-bond donors (Lipinski definition) is 2. The fraction of sp³-hybridized carbons (Fsp3) is 0.176. The monoisotopic (exact) mass is 499 g/mol. The smallest absolute Gasteiger partial charge is 0.267 e. The number of carbonyl (C=O) groups excluding carboxylic acids is 1. The summed E-state index contributed by atoms with van der Waals surface area (Å²) in [5, 5.41) is 7.11. The van der Waals surface area contributed by atoms with Gasteiger partial charge in [0.15, 0.2) is 5.13 Å². The molecule has 0 fully saturated rings. The van der Waals surface area contributed by atoms with E-state index in [1.54, 1.807) is 13.0 Å². The maximum Gasteiger partial charge on any atom is 0.267 e. The lowest BCUT2D eigenvalue weighted by atomic mass is 10.2. The standard InChI is InChI=1S/C17H15ClIN5OS/c1-8-5-4-6-11(18)14(8)24-16(25)15-9(2)20-17(26-15)23-13-7-12(19)21-10(3)22-13/h4-7H,1-3H3,(H,24,25)(H,20,21,22,23). The van der Waals surface area contributed by atoms with E-state index in [4.69, 9.17) is 11.6 Å². The Morgan fingerprint density at radius 1 is 1.19 bits per heavy atom. The maximum absolute atomic E-state index is 12.7. The molecule has 3 rings (SSSR count). The molecule has 26 heavy (non-hydrogen) atoms. The van der Waals surface area contributed by atoms with Crippen molar-refractivity contribution in [3.63, 3.8) is 0 Å². The minimum atomic E-state index is -0.238. The van der Waals surface area contributed by atoms with Crippen molar-refractivity contribution in [2.45, 2.75) is 20.8 Å². The van der Waals surface area contributed by atoms with E-state index < -0.39 is 0 Å². The van der Waals surface area contributed by atoms with E-state index >= 15 is 0 Å². The van der Waals surface area contributed by atoms with Crippen LogP contribution in [0.1, 0.15) is 26.8 Å². The summed E-state index contributed by atoms with van der Waals surface area (Å²) < 4.78 is 0.832. The van der Waals surface area contributed by atoms with Crippen LogP contribution in [0.15, 0.2) is 24.3 Å². The predicted octanol–water partition coefficient (Wildman–Crippen LogP) is 5.11. The van der Waals surface area contributed by atoms with Gasteiger partial charge in [0.1, 0.15) is 20.2 Å². The fourth-order valence-corrected chi connectivity index (χ4v) is 4.11. The van der Waals surface area contributed by atoms with Crippen LogP contribution in [-0.4, -0.2) is 20.9 Å². The molecule has 0 radical (unpaired) electrons. The molecule has 0 unspecified atom stereocenters. The molecular weight excluding hydrogens is 485 g/mol. The van der Waals surface area contributed by atoms with Gasteiger partial charge in [-0.15, -0.1) is 0 Å². The highest BCUT2D eigenvalue weighted by Crippen LogP contribution is 2.29. The van der Waals surface area contributed by atoms with Crippen molar-refractivity contribution in [1.29, 1.82) is 0 Å². The first-order valence-electron chi connectivity index (χ1n) is 7.65. The molecule has 6 nitrogen and oxygen atoms in total. The Hall–Kier alpha value is -1.78. The topological polar surface area (TPSA) is 79.8 Å². The molecule has 2 N–H and O–H groups in total. The molecule has 134 valence electrons. The van der Waals surface area contributed by atoms with Gasteiger partial charge in [-0.1, -0.05) is 35.1 Å². The van der Waals surface area contributed by atoms with Crippen molar-refractivity contribution < 1.29 is 4.79 Å². The van der Waals surface area contributed by atoms with Crippen molar-refractivity contribution in [3.8, 4) is 0 Å². The van der Waals surface area contributed by atoms with Gasteiger partial charge in [0, 0.05) is 6.07 Å². The number of para-hydroxylation sites is 1. The van der Waals surface area contributed by atoms with Crippen LogP contribution in [0.4, 0.5) is 16.6 Å². The minimum absolute atomic E-state index is 0.238. The molecule has 0 atom stereocenters. The summed E-state index contributed by atoms with van der Waals surface area (Å²) in [5.41, 5.74) is 2.15. The van der Waals surface area contributed by atoms with E-state index in [9.17, 15) is 4.79 Å². The van der Waals surface area contributed by atoms with Crippen LogP contribution >= 0.6 is 45.5 Å². The van der Waals surface area contributed by atoms with Crippen LogP contribution in [0, 0.1) is 24.5 Å². The Bertz CT molecular complexity index is 951. The van der Waals surface area contributed by atoms with E-state index in [0.29, 0.717) is 38.1 Å². The average molecular weight is 500 g/mol. The minimum Gasteiger partial charge on any atom is -0.320 e. The van der Waals surface area contributed by atoms with E-state index in [-0.39, 0.29) is 5.91 Å². The maximum atomic E-state index is 12.7. The van der Waals surface area contributed by atoms with Crippen LogP contribution in [0.5, 0.6) is 0 Å². The van der Waals surface area contributed by atoms with Gasteiger partial charge >= 0.3 is 0 Å². The number of aromatic nitrogens is 3. The Kier molecular flexibility index (Phi) is 5.73. The number of thiazole rings is 1. The Balaban J connectivity index is 1.82. The van der Waals surface area contributed by atoms with Crippen LogP contribution in [0.2, 0.25) is 5.02 Å². The van der Waals surface area contributed by atoms with E-state index in [1.165, 1.54) is 11.3 Å². The quantitative estimate of drug-likeness (QED) is 0.385. The lowest BCUT2D eigenvalue weighted by molar-refractivity contribution is 0.102. The third-order valence-corrected chi connectivity index (χ3v) is 5.44. The summed E-state index contributed by atoms with van der Waals surface area (Å²) in [6, 6.07) is 7.30. The number of hydrogen-bond acceptors (Lipinski definition) is 6. The second-order valence-electron chi connectivity index (χ2n) is 5.57. The Morgan fingerprint density at radius 3 is 2.65 bits per heavy atom. The number of nitrogens with zero attached hydrogens (tertiary/aromatic N) is 3. The van der Waals surface area contributed by atoms with Gasteiger partial charge in [0.05, 0.1) is 16.4 Å². The van der Waals surface area contributed by atoms with E-state index in [2.05, 4.69) is 48.2 Å². The molecule has 0 spiro atoms. The van der Waals surface area contributed by atoms with Crippen LogP contribution < -0.4 is 10.6 Å². The van der Waals surface area contributed by atoms with Crippen molar-refractivity contribution in [3.05, 3.63) is 54.9 Å². The molecule has 9 heteroatoms. The summed E-state index contributed by atoms with van der Waals surface area (Å²) >= 11 is 9.58. The zero-order valence-corrected chi connectivity index (χ0v) is 18.0. The van der Waals surface area contributed by atoms with Crippen LogP contribution in [0.3, 0.4) is 0 Å². The van der Waals surface area contributed by atoms with Gasteiger partial charge in [-0.3, -0.25) is 4.79 Å². The molecule has 0 bridgehead atoms. The molecule has 0 aliphatic heterocycles. The highest BCUT2D eigenvalue weighted by atomic mass is 127. The molecule has 0 saturated heterocycles. The normalized spacial score (nSPS) is 10.7. The molecular formula is C17H15ClIN5OS. The molecule has 0 saturated carbocycles. The number of aryl methyl sites for hydroxylation is 3. The van der Waals surface area contributed by atoms with Gasteiger partial charge in [0.2, 0.25) is 0 Å². The van der Waals surface area contributed by atoms with Crippen LogP contribution in [-0.2, 0) is 0 Å². The number of anilines is 3. The fourth-order valence-electron chi connectivity index (χ4n) is 2.33. The van der Waals surface area contributed by atoms with Crippen LogP contribution in [0.25, 0.3) is 0 Å². The molecule has 2 heterocycles. The number of amides is 1. The molecule has 0 aliphatic carbocycles. The zero-order valence-electron chi connectivity index (χ0n) is 14.2. The number of nitrogens with one attached hydrogen (secondary N) is 2. The predicted molar refractivity (Wildman–Crippen MR) is 114 cm³/mol.